The van der Waals surface area contributed by atoms with Crippen LogP contribution in [0.3, 0.4) is 0 Å². The normalized spacial score (nSPS) is 15.0. The second-order valence-corrected chi connectivity index (χ2v) is 11.4. The summed E-state index contributed by atoms with van der Waals surface area (Å²) in [5.41, 5.74) is 2.92. The third kappa shape index (κ3) is 5.68. The summed E-state index contributed by atoms with van der Waals surface area (Å²) in [7, 11) is 0. The summed E-state index contributed by atoms with van der Waals surface area (Å²) < 4.78 is 19.3. The van der Waals surface area contributed by atoms with E-state index >= 15 is 0 Å². The van der Waals surface area contributed by atoms with Gasteiger partial charge in [0, 0.05) is 28.8 Å². The molecule has 0 amide bonds. The van der Waals surface area contributed by atoms with Crippen LogP contribution in [0.5, 0.6) is 5.75 Å². The molecule has 43 heavy (non-hydrogen) atoms. The number of ether oxygens (including phenoxy) is 2. The lowest BCUT2D eigenvalue weighted by Crippen LogP contribution is -2.40. The van der Waals surface area contributed by atoms with Gasteiger partial charge in [-0.3, -0.25) is 19.5 Å². The zero-order valence-electron chi connectivity index (χ0n) is 24.7. The molecular weight excluding hydrogens is 570 g/mol. The van der Waals surface area contributed by atoms with Crippen molar-refractivity contribution in [1.29, 1.82) is 0 Å². The molecule has 0 spiro atoms. The number of benzene rings is 2. The van der Waals surface area contributed by atoms with Gasteiger partial charge in [-0.25, -0.2) is 9.79 Å². The Kier molecular flexibility index (Phi) is 8.19. The average Bonchev–Trinajstić information content (AvgIpc) is 3.53. The first kappa shape index (κ1) is 29.7. The number of nitrogens with zero attached hydrogens (tertiary/aromatic N) is 3. The van der Waals surface area contributed by atoms with Crippen LogP contribution >= 0.6 is 11.3 Å². The first-order chi connectivity index (χ1) is 20.5. The van der Waals surface area contributed by atoms with E-state index in [-0.39, 0.29) is 29.5 Å². The van der Waals surface area contributed by atoms with Crippen LogP contribution in [-0.4, -0.2) is 28.2 Å². The minimum absolute atomic E-state index is 0.00996. The zero-order valence-corrected chi connectivity index (χ0v) is 25.5. The Bertz CT molecular complexity index is 1960. The minimum atomic E-state index is -0.823. The van der Waals surface area contributed by atoms with E-state index in [2.05, 4.69) is 4.99 Å². The lowest BCUT2D eigenvalue weighted by Gasteiger charge is -2.26. The van der Waals surface area contributed by atoms with Crippen LogP contribution in [-0.2, 0) is 9.53 Å². The molecule has 0 aliphatic carbocycles. The van der Waals surface area contributed by atoms with E-state index in [0.717, 1.165) is 5.56 Å². The van der Waals surface area contributed by atoms with Gasteiger partial charge in [-0.2, -0.15) is 0 Å². The van der Waals surface area contributed by atoms with E-state index in [9.17, 15) is 19.7 Å². The van der Waals surface area contributed by atoms with Crippen LogP contribution in [0.1, 0.15) is 56.2 Å². The standard InChI is InChI=1S/C32H31N3O7S/c1-7-40-31(37)28-20(6)33-32-34(29(28)23-10-8-9-11-26(23)41-17(2)3)30(36)27(43-32)16-22-12-13-25(42-22)21-14-18(4)19(5)24(15-21)35(38)39/h8-17,29H,7H2,1-6H3/b27-16-/t29-/m0/s1. The number of thiazole rings is 1. The maximum absolute atomic E-state index is 14.0. The average molecular weight is 602 g/mol. The van der Waals surface area contributed by atoms with E-state index < -0.39 is 16.9 Å². The highest BCUT2D eigenvalue weighted by Gasteiger charge is 2.35. The summed E-state index contributed by atoms with van der Waals surface area (Å²) in [4.78, 5) is 43.4. The van der Waals surface area contributed by atoms with Gasteiger partial charge >= 0.3 is 5.97 Å². The van der Waals surface area contributed by atoms with Crippen LogP contribution < -0.4 is 19.6 Å². The van der Waals surface area contributed by atoms with Crippen LogP contribution in [0, 0.1) is 24.0 Å². The molecule has 11 heteroatoms. The Hall–Kier alpha value is -4.77. The number of fused-ring (bicyclic) bond motifs is 1. The van der Waals surface area contributed by atoms with Crippen molar-refractivity contribution in [3.63, 3.8) is 0 Å². The lowest BCUT2D eigenvalue weighted by atomic mass is 9.95. The number of rotatable bonds is 8. The molecule has 0 radical (unpaired) electrons. The Morgan fingerprint density at radius 1 is 1.19 bits per heavy atom. The fourth-order valence-electron chi connectivity index (χ4n) is 5.04. The van der Waals surface area contributed by atoms with Crippen molar-refractivity contribution in [1.82, 2.24) is 4.57 Å². The fraction of sp³-hybridized carbons (Fsp3) is 0.281. The SMILES string of the molecule is CCOC(=O)C1=C(C)N=c2s/c(=C\c3ccc(-c4cc(C)c(C)c([N+](=O)[O-])c4)o3)c(=O)n2[C@H]1c1ccccc1OC(C)C. The van der Waals surface area contributed by atoms with Gasteiger partial charge in [0.2, 0.25) is 0 Å². The van der Waals surface area contributed by atoms with Gasteiger partial charge in [0.25, 0.3) is 11.2 Å². The Morgan fingerprint density at radius 2 is 1.93 bits per heavy atom. The first-order valence-corrected chi connectivity index (χ1v) is 14.6. The number of aryl methyl sites for hydroxylation is 1. The largest absolute Gasteiger partial charge is 0.491 e. The highest BCUT2D eigenvalue weighted by molar-refractivity contribution is 7.07. The Balaban J connectivity index is 1.65. The van der Waals surface area contributed by atoms with Gasteiger partial charge in [-0.1, -0.05) is 29.5 Å². The summed E-state index contributed by atoms with van der Waals surface area (Å²) in [5, 5.41) is 11.5. The maximum atomic E-state index is 14.0. The Labute approximate surface area is 251 Å². The number of aromatic nitrogens is 1. The van der Waals surface area contributed by atoms with Gasteiger partial charge in [-0.15, -0.1) is 0 Å². The molecule has 1 aliphatic rings. The quantitative estimate of drug-likeness (QED) is 0.151. The van der Waals surface area contributed by atoms with Gasteiger partial charge in [0.15, 0.2) is 4.80 Å². The van der Waals surface area contributed by atoms with Crippen molar-refractivity contribution in [3.05, 3.63) is 112 Å². The molecule has 2 aromatic carbocycles. The van der Waals surface area contributed by atoms with Crippen LogP contribution in [0.25, 0.3) is 17.4 Å². The number of carbonyl (C=O) groups excluding carboxylic acids is 1. The molecule has 0 bridgehead atoms. The van der Waals surface area contributed by atoms with Crippen molar-refractivity contribution >= 4 is 29.1 Å². The van der Waals surface area contributed by atoms with Gasteiger partial charge < -0.3 is 13.9 Å². The van der Waals surface area contributed by atoms with Crippen molar-refractivity contribution in [2.75, 3.05) is 6.61 Å². The molecule has 4 aromatic rings. The third-order valence-electron chi connectivity index (χ3n) is 7.11. The van der Waals surface area contributed by atoms with Crippen molar-refractivity contribution in [3.8, 4) is 17.1 Å². The van der Waals surface area contributed by atoms with E-state index in [1.54, 1.807) is 39.0 Å². The molecule has 0 N–H and O–H groups in total. The Morgan fingerprint density at radius 3 is 2.63 bits per heavy atom. The highest BCUT2D eigenvalue weighted by Crippen LogP contribution is 2.36. The van der Waals surface area contributed by atoms with Gasteiger partial charge in [0.05, 0.1) is 33.4 Å². The number of hydrogen-bond acceptors (Lipinski definition) is 9. The van der Waals surface area contributed by atoms with E-state index in [0.29, 0.717) is 49.0 Å². The van der Waals surface area contributed by atoms with E-state index in [1.807, 2.05) is 51.1 Å². The molecule has 0 fully saturated rings. The number of nitro benzene ring substituents is 1. The second-order valence-electron chi connectivity index (χ2n) is 10.4. The van der Waals surface area contributed by atoms with Crippen LogP contribution in [0.2, 0.25) is 0 Å². The number of esters is 1. The molecule has 5 rings (SSSR count). The van der Waals surface area contributed by atoms with Crippen molar-refractivity contribution < 1.29 is 23.6 Å². The number of furan rings is 1. The minimum Gasteiger partial charge on any atom is -0.491 e. The molecule has 1 atom stereocenters. The predicted octanol–water partition coefficient (Wildman–Crippen LogP) is 5.37. The third-order valence-corrected chi connectivity index (χ3v) is 8.10. The van der Waals surface area contributed by atoms with E-state index in [1.165, 1.54) is 22.0 Å². The van der Waals surface area contributed by atoms with E-state index in [4.69, 9.17) is 13.9 Å². The first-order valence-electron chi connectivity index (χ1n) is 13.8. The monoisotopic (exact) mass is 601 g/mol. The number of carbonyl (C=O) groups is 1. The molecule has 0 saturated carbocycles. The predicted molar refractivity (Wildman–Crippen MR) is 163 cm³/mol. The molecule has 1 aliphatic heterocycles. The maximum Gasteiger partial charge on any atom is 0.338 e. The molecule has 3 heterocycles. The highest BCUT2D eigenvalue weighted by atomic mass is 32.1. The van der Waals surface area contributed by atoms with Crippen LogP contribution in [0.15, 0.2) is 74.0 Å². The fourth-order valence-corrected chi connectivity index (χ4v) is 6.07. The van der Waals surface area contributed by atoms with Gasteiger partial charge in [0.1, 0.15) is 23.3 Å². The number of hydrogen-bond donors (Lipinski definition) is 0. The van der Waals surface area contributed by atoms with Gasteiger partial charge in [-0.05, 0) is 71.4 Å². The number of nitro groups is 1. The topological polar surface area (TPSA) is 126 Å². The summed E-state index contributed by atoms with van der Waals surface area (Å²) in [6.45, 7) is 10.9. The zero-order chi connectivity index (χ0) is 31.0. The number of para-hydroxylation sites is 1. The molecule has 10 nitrogen and oxygen atoms in total. The molecular formula is C32H31N3O7S. The van der Waals surface area contributed by atoms with Crippen molar-refractivity contribution in [2.45, 2.75) is 53.7 Å². The lowest BCUT2D eigenvalue weighted by molar-refractivity contribution is -0.385. The second kappa shape index (κ2) is 11.8. The molecule has 222 valence electrons. The molecule has 0 saturated heterocycles. The number of allylic oxidation sites excluding steroid dienone is 1. The van der Waals surface area contributed by atoms with Crippen molar-refractivity contribution in [2.24, 2.45) is 4.99 Å². The smallest absolute Gasteiger partial charge is 0.338 e. The molecule has 2 aromatic heterocycles. The summed E-state index contributed by atoms with van der Waals surface area (Å²) in [6, 6.07) is 13.2. The van der Waals surface area contributed by atoms with Crippen LogP contribution in [0.4, 0.5) is 5.69 Å². The summed E-state index contributed by atoms with van der Waals surface area (Å²) >= 11 is 1.17. The summed E-state index contributed by atoms with van der Waals surface area (Å²) in [6.07, 6.45) is 1.47. The molecule has 0 unspecified atom stereocenters. The summed E-state index contributed by atoms with van der Waals surface area (Å²) in [5.74, 6) is 0.818.